The number of nitrogens with two attached hydrogens (primary N) is 1. The zero-order valence-corrected chi connectivity index (χ0v) is 14.1. The van der Waals surface area contributed by atoms with Gasteiger partial charge < -0.3 is 5.73 Å². The van der Waals surface area contributed by atoms with Crippen LogP contribution in [0.15, 0.2) is 47.8 Å². The van der Waals surface area contributed by atoms with E-state index in [4.69, 9.17) is 5.73 Å². The Morgan fingerprint density at radius 3 is 2.67 bits per heavy atom. The lowest BCUT2D eigenvalue weighted by Gasteiger charge is -2.04. The minimum Gasteiger partial charge on any atom is -0.364 e. The molecule has 0 unspecified atom stereocenters. The van der Waals surface area contributed by atoms with E-state index >= 15 is 0 Å². The standard InChI is InChI=1S/C15H12N4O3S2/c1-24(21,22)10-5-11(19-12(6-10)14(16)20)13-8-18-15(23-13)9-3-2-4-17-7-9/h2-8H,1H3,(H2,16,20). The summed E-state index contributed by atoms with van der Waals surface area (Å²) in [5, 5.41) is 0.713. The summed E-state index contributed by atoms with van der Waals surface area (Å²) in [5.41, 5.74) is 6.31. The third-order valence-electron chi connectivity index (χ3n) is 3.15. The number of sulfone groups is 1. The predicted molar refractivity (Wildman–Crippen MR) is 90.2 cm³/mol. The van der Waals surface area contributed by atoms with Crippen molar-refractivity contribution in [1.29, 1.82) is 0 Å². The summed E-state index contributed by atoms with van der Waals surface area (Å²) in [6, 6.07) is 6.24. The zero-order valence-electron chi connectivity index (χ0n) is 12.5. The molecule has 0 aliphatic carbocycles. The Morgan fingerprint density at radius 2 is 2.04 bits per heavy atom. The van der Waals surface area contributed by atoms with Crippen LogP contribution in [0.3, 0.4) is 0 Å². The summed E-state index contributed by atoms with van der Waals surface area (Å²) in [4.78, 5) is 24.5. The minimum absolute atomic E-state index is 0.0161. The number of thiazole rings is 1. The molecule has 3 aromatic rings. The van der Waals surface area contributed by atoms with E-state index in [1.165, 1.54) is 23.5 Å². The van der Waals surface area contributed by atoms with Crippen LogP contribution in [0.4, 0.5) is 0 Å². The van der Waals surface area contributed by atoms with Crippen molar-refractivity contribution in [3.8, 4) is 21.1 Å². The maximum absolute atomic E-state index is 11.8. The molecule has 0 saturated heterocycles. The van der Waals surface area contributed by atoms with E-state index in [0.29, 0.717) is 15.6 Å². The van der Waals surface area contributed by atoms with Gasteiger partial charge in [-0.3, -0.25) is 9.78 Å². The highest BCUT2D eigenvalue weighted by Crippen LogP contribution is 2.31. The molecule has 3 aromatic heterocycles. The molecule has 3 heterocycles. The van der Waals surface area contributed by atoms with Crippen LogP contribution >= 0.6 is 11.3 Å². The van der Waals surface area contributed by atoms with Crippen molar-refractivity contribution in [2.75, 3.05) is 6.26 Å². The van der Waals surface area contributed by atoms with Gasteiger partial charge in [-0.2, -0.15) is 0 Å². The molecule has 0 aliphatic heterocycles. The summed E-state index contributed by atoms with van der Waals surface area (Å²) < 4.78 is 23.6. The summed E-state index contributed by atoms with van der Waals surface area (Å²) in [5.74, 6) is -0.793. The van der Waals surface area contributed by atoms with Crippen LogP contribution in [0.5, 0.6) is 0 Å². The van der Waals surface area contributed by atoms with Crippen LogP contribution in [0, 0.1) is 0 Å². The van der Waals surface area contributed by atoms with E-state index in [0.717, 1.165) is 11.8 Å². The van der Waals surface area contributed by atoms with E-state index in [9.17, 15) is 13.2 Å². The average molecular weight is 360 g/mol. The molecule has 0 radical (unpaired) electrons. The number of amides is 1. The van der Waals surface area contributed by atoms with Crippen molar-refractivity contribution in [2.24, 2.45) is 5.73 Å². The van der Waals surface area contributed by atoms with Crippen LogP contribution in [0.25, 0.3) is 21.1 Å². The Morgan fingerprint density at radius 1 is 1.25 bits per heavy atom. The van der Waals surface area contributed by atoms with Crippen molar-refractivity contribution < 1.29 is 13.2 Å². The number of hydrogen-bond donors (Lipinski definition) is 1. The minimum atomic E-state index is -3.51. The molecule has 2 N–H and O–H groups in total. The van der Waals surface area contributed by atoms with Crippen molar-refractivity contribution >= 4 is 27.1 Å². The second kappa shape index (κ2) is 6.10. The topological polar surface area (TPSA) is 116 Å². The van der Waals surface area contributed by atoms with Crippen LogP contribution in [0.1, 0.15) is 10.5 Å². The SMILES string of the molecule is CS(=O)(=O)c1cc(C(N)=O)nc(-c2cnc(-c3cccnc3)s2)c1. The molecule has 0 fully saturated rings. The molecule has 0 bridgehead atoms. The van der Waals surface area contributed by atoms with E-state index in [-0.39, 0.29) is 10.6 Å². The third-order valence-corrected chi connectivity index (χ3v) is 5.31. The van der Waals surface area contributed by atoms with Gasteiger partial charge in [-0.25, -0.2) is 18.4 Å². The third kappa shape index (κ3) is 3.31. The Kier molecular flexibility index (Phi) is 4.12. The lowest BCUT2D eigenvalue weighted by atomic mass is 10.2. The maximum atomic E-state index is 11.8. The van der Waals surface area contributed by atoms with Gasteiger partial charge in [0.2, 0.25) is 0 Å². The van der Waals surface area contributed by atoms with E-state index in [2.05, 4.69) is 15.0 Å². The zero-order chi connectivity index (χ0) is 17.3. The Labute approximate surface area is 142 Å². The molecule has 122 valence electrons. The quantitative estimate of drug-likeness (QED) is 0.758. The fourth-order valence-electron chi connectivity index (χ4n) is 1.99. The van der Waals surface area contributed by atoms with Crippen molar-refractivity contribution in [2.45, 2.75) is 4.90 Å². The summed E-state index contributed by atoms with van der Waals surface area (Å²) in [6.45, 7) is 0. The summed E-state index contributed by atoms with van der Waals surface area (Å²) >= 11 is 1.32. The van der Waals surface area contributed by atoms with Crippen molar-refractivity contribution in [1.82, 2.24) is 15.0 Å². The Hall–Kier alpha value is -2.65. The maximum Gasteiger partial charge on any atom is 0.267 e. The molecule has 0 atom stereocenters. The number of hydrogen-bond acceptors (Lipinski definition) is 7. The van der Waals surface area contributed by atoms with Gasteiger partial charge >= 0.3 is 0 Å². The first-order valence-corrected chi connectivity index (χ1v) is 9.44. The van der Waals surface area contributed by atoms with E-state index in [1.807, 2.05) is 6.07 Å². The van der Waals surface area contributed by atoms with E-state index in [1.54, 1.807) is 24.7 Å². The van der Waals surface area contributed by atoms with Crippen LogP contribution in [0.2, 0.25) is 0 Å². The largest absolute Gasteiger partial charge is 0.364 e. The predicted octanol–water partition coefficient (Wildman–Crippen LogP) is 1.77. The first-order valence-electron chi connectivity index (χ1n) is 6.73. The second-order valence-corrected chi connectivity index (χ2v) is 8.03. The van der Waals surface area contributed by atoms with Crippen LogP contribution in [-0.4, -0.2) is 35.5 Å². The molecule has 0 spiro atoms. The monoisotopic (exact) mass is 360 g/mol. The van der Waals surface area contributed by atoms with Crippen molar-refractivity contribution in [3.63, 3.8) is 0 Å². The number of carbonyl (C=O) groups excluding carboxylic acids is 1. The molecule has 7 nitrogen and oxygen atoms in total. The number of aromatic nitrogens is 3. The van der Waals surface area contributed by atoms with Crippen molar-refractivity contribution in [3.05, 3.63) is 48.5 Å². The number of primary amides is 1. The Bertz CT molecular complexity index is 1010. The van der Waals surface area contributed by atoms with Gasteiger partial charge in [-0.1, -0.05) is 0 Å². The van der Waals surface area contributed by atoms with Gasteiger partial charge in [-0.05, 0) is 24.3 Å². The first kappa shape index (κ1) is 16.2. The van der Waals surface area contributed by atoms with Gasteiger partial charge in [-0.15, -0.1) is 11.3 Å². The molecular weight excluding hydrogens is 348 g/mol. The molecule has 0 saturated carbocycles. The highest BCUT2D eigenvalue weighted by molar-refractivity contribution is 7.90. The molecule has 0 aliphatic rings. The molecule has 24 heavy (non-hydrogen) atoms. The number of rotatable bonds is 4. The summed E-state index contributed by atoms with van der Waals surface area (Å²) in [7, 11) is -3.51. The number of nitrogens with zero attached hydrogens (tertiary/aromatic N) is 3. The van der Waals surface area contributed by atoms with Gasteiger partial charge in [0.15, 0.2) is 9.84 Å². The molecular formula is C15H12N4O3S2. The lowest BCUT2D eigenvalue weighted by molar-refractivity contribution is 0.0995. The smallest absolute Gasteiger partial charge is 0.267 e. The number of pyridine rings is 2. The van der Waals surface area contributed by atoms with Crippen LogP contribution in [-0.2, 0) is 9.84 Å². The fourth-order valence-corrected chi connectivity index (χ4v) is 3.51. The molecule has 9 heteroatoms. The number of carbonyl (C=O) groups is 1. The fraction of sp³-hybridized carbons (Fsp3) is 0.0667. The van der Waals surface area contributed by atoms with Gasteiger partial charge in [0.25, 0.3) is 5.91 Å². The molecule has 0 aromatic carbocycles. The lowest BCUT2D eigenvalue weighted by Crippen LogP contribution is -2.14. The second-order valence-electron chi connectivity index (χ2n) is 4.98. The van der Waals surface area contributed by atoms with Gasteiger partial charge in [0.1, 0.15) is 10.7 Å². The first-order chi connectivity index (χ1) is 11.3. The van der Waals surface area contributed by atoms with Crippen LogP contribution < -0.4 is 5.73 Å². The highest BCUT2D eigenvalue weighted by Gasteiger charge is 2.16. The highest BCUT2D eigenvalue weighted by atomic mass is 32.2. The van der Waals surface area contributed by atoms with Gasteiger partial charge in [0, 0.05) is 30.4 Å². The molecule has 3 rings (SSSR count). The normalized spacial score (nSPS) is 11.4. The average Bonchev–Trinajstić information content (AvgIpc) is 3.04. The van der Waals surface area contributed by atoms with E-state index < -0.39 is 15.7 Å². The Balaban J connectivity index is 2.11. The van der Waals surface area contributed by atoms with Gasteiger partial charge in [0.05, 0.1) is 15.5 Å². The molecule has 1 amide bonds. The summed E-state index contributed by atoms with van der Waals surface area (Å²) in [6.07, 6.45) is 5.98.